The van der Waals surface area contributed by atoms with E-state index < -0.39 is 5.92 Å². The topological polar surface area (TPSA) is 27.8 Å². The van der Waals surface area contributed by atoms with Crippen molar-refractivity contribution in [1.82, 2.24) is 10.3 Å². The molecule has 0 aromatic carbocycles. The van der Waals surface area contributed by atoms with Crippen molar-refractivity contribution < 1.29 is 8.78 Å². The summed E-state index contributed by atoms with van der Waals surface area (Å²) in [5.74, 6) is -2.42. The predicted molar refractivity (Wildman–Crippen MR) is 45.6 cm³/mol. The number of halogens is 2. The Hall–Kier alpha value is -0.900. The number of aromatic amines is 1. The highest BCUT2D eigenvalue weighted by atomic mass is 19.3. The first kappa shape index (κ1) is 8.69. The van der Waals surface area contributed by atoms with Crippen LogP contribution in [-0.2, 0) is 6.54 Å². The number of rotatable bonds is 3. The van der Waals surface area contributed by atoms with Gasteiger partial charge in [-0.15, -0.1) is 0 Å². The molecule has 0 radical (unpaired) electrons. The Morgan fingerprint density at radius 3 is 2.85 bits per heavy atom. The number of nitrogens with one attached hydrogen (secondary N) is 2. The van der Waals surface area contributed by atoms with Gasteiger partial charge in [-0.3, -0.25) is 0 Å². The van der Waals surface area contributed by atoms with Crippen molar-refractivity contribution >= 4 is 0 Å². The van der Waals surface area contributed by atoms with Crippen molar-refractivity contribution in [2.45, 2.75) is 31.4 Å². The summed E-state index contributed by atoms with van der Waals surface area (Å²) in [6.45, 7) is 0.671. The van der Waals surface area contributed by atoms with Crippen LogP contribution in [0.4, 0.5) is 8.78 Å². The summed E-state index contributed by atoms with van der Waals surface area (Å²) in [5, 5.41) is 3.08. The van der Waals surface area contributed by atoms with E-state index in [0.717, 1.165) is 5.56 Å². The van der Waals surface area contributed by atoms with E-state index in [1.165, 1.54) is 0 Å². The molecule has 1 aromatic rings. The third kappa shape index (κ3) is 2.06. The van der Waals surface area contributed by atoms with Gasteiger partial charge >= 0.3 is 0 Å². The van der Waals surface area contributed by atoms with Crippen LogP contribution in [-0.4, -0.2) is 16.9 Å². The second kappa shape index (κ2) is 3.10. The fourth-order valence-corrected chi connectivity index (χ4v) is 1.54. The normalized spacial score (nSPS) is 21.4. The summed E-state index contributed by atoms with van der Waals surface area (Å²) in [4.78, 5) is 2.92. The van der Waals surface area contributed by atoms with E-state index in [-0.39, 0.29) is 18.9 Å². The monoisotopic (exact) mass is 186 g/mol. The van der Waals surface area contributed by atoms with Gasteiger partial charge in [-0.05, 0) is 11.6 Å². The number of alkyl halides is 2. The fourth-order valence-electron chi connectivity index (χ4n) is 1.54. The quantitative estimate of drug-likeness (QED) is 0.741. The summed E-state index contributed by atoms with van der Waals surface area (Å²) in [7, 11) is 0. The minimum atomic E-state index is -2.42. The lowest BCUT2D eigenvalue weighted by Gasteiger charge is -2.35. The first-order chi connectivity index (χ1) is 6.16. The van der Waals surface area contributed by atoms with Gasteiger partial charge in [0, 0.05) is 37.8 Å². The molecule has 0 saturated heterocycles. The first-order valence-electron chi connectivity index (χ1n) is 4.39. The maximum Gasteiger partial charge on any atom is 0.251 e. The SMILES string of the molecule is FC1(F)CC(NCc2cc[nH]c2)C1. The van der Waals surface area contributed by atoms with Crippen LogP contribution in [0.2, 0.25) is 0 Å². The number of hydrogen-bond acceptors (Lipinski definition) is 1. The molecule has 0 unspecified atom stereocenters. The molecule has 1 aliphatic carbocycles. The van der Waals surface area contributed by atoms with Crippen molar-refractivity contribution in [3.05, 3.63) is 24.0 Å². The Balaban J connectivity index is 1.71. The molecule has 0 atom stereocenters. The van der Waals surface area contributed by atoms with Gasteiger partial charge in [-0.25, -0.2) is 8.78 Å². The van der Waals surface area contributed by atoms with Crippen LogP contribution in [0.25, 0.3) is 0 Å². The zero-order chi connectivity index (χ0) is 9.31. The molecule has 1 saturated carbocycles. The standard InChI is InChI=1S/C9H12F2N2/c10-9(11)3-8(4-9)13-6-7-1-2-12-5-7/h1-2,5,8,12-13H,3-4,6H2. The first-order valence-corrected chi connectivity index (χ1v) is 4.39. The van der Waals surface area contributed by atoms with Gasteiger partial charge < -0.3 is 10.3 Å². The Morgan fingerprint density at radius 1 is 1.54 bits per heavy atom. The Morgan fingerprint density at radius 2 is 2.31 bits per heavy atom. The van der Waals surface area contributed by atoms with Crippen LogP contribution in [0.15, 0.2) is 18.5 Å². The van der Waals surface area contributed by atoms with Crippen LogP contribution in [0.1, 0.15) is 18.4 Å². The van der Waals surface area contributed by atoms with Gasteiger partial charge in [0.05, 0.1) is 0 Å². The molecule has 13 heavy (non-hydrogen) atoms. The molecule has 72 valence electrons. The second-order valence-electron chi connectivity index (χ2n) is 3.56. The van der Waals surface area contributed by atoms with Crippen LogP contribution in [0.3, 0.4) is 0 Å². The maximum atomic E-state index is 12.4. The predicted octanol–water partition coefficient (Wildman–Crippen LogP) is 1.90. The summed E-state index contributed by atoms with van der Waals surface area (Å²) in [6.07, 6.45) is 3.66. The molecule has 1 aliphatic rings. The van der Waals surface area contributed by atoms with Gasteiger partial charge in [0.1, 0.15) is 0 Å². The van der Waals surface area contributed by atoms with E-state index in [4.69, 9.17) is 0 Å². The highest BCUT2D eigenvalue weighted by Crippen LogP contribution is 2.37. The summed E-state index contributed by atoms with van der Waals surface area (Å²) < 4.78 is 24.8. The van der Waals surface area contributed by atoms with E-state index in [9.17, 15) is 8.78 Å². The Labute approximate surface area is 75.3 Å². The molecule has 0 spiro atoms. The summed E-state index contributed by atoms with van der Waals surface area (Å²) in [6, 6.07) is 1.92. The van der Waals surface area contributed by atoms with Gasteiger partial charge in [0.2, 0.25) is 0 Å². The highest BCUT2D eigenvalue weighted by molar-refractivity contribution is 5.08. The molecule has 0 amide bonds. The van der Waals surface area contributed by atoms with E-state index in [1.807, 2.05) is 18.5 Å². The van der Waals surface area contributed by atoms with E-state index in [2.05, 4.69) is 10.3 Å². The minimum Gasteiger partial charge on any atom is -0.367 e. The second-order valence-corrected chi connectivity index (χ2v) is 3.56. The van der Waals surface area contributed by atoms with Gasteiger partial charge in [0.25, 0.3) is 5.92 Å². The lowest BCUT2D eigenvalue weighted by molar-refractivity contribution is -0.0930. The van der Waals surface area contributed by atoms with E-state index >= 15 is 0 Å². The average molecular weight is 186 g/mol. The molecule has 2 nitrogen and oxygen atoms in total. The van der Waals surface area contributed by atoms with Gasteiger partial charge in [-0.2, -0.15) is 0 Å². The molecule has 0 aliphatic heterocycles. The van der Waals surface area contributed by atoms with Crippen molar-refractivity contribution in [2.24, 2.45) is 0 Å². The Kier molecular flexibility index (Phi) is 2.07. The van der Waals surface area contributed by atoms with Crippen molar-refractivity contribution in [3.63, 3.8) is 0 Å². The molecule has 2 N–H and O–H groups in total. The van der Waals surface area contributed by atoms with Crippen LogP contribution >= 0.6 is 0 Å². The molecular weight excluding hydrogens is 174 g/mol. The van der Waals surface area contributed by atoms with Crippen molar-refractivity contribution in [3.8, 4) is 0 Å². The molecule has 1 aromatic heterocycles. The largest absolute Gasteiger partial charge is 0.367 e. The van der Waals surface area contributed by atoms with Crippen molar-refractivity contribution in [2.75, 3.05) is 0 Å². The summed E-state index contributed by atoms with van der Waals surface area (Å²) in [5.41, 5.74) is 1.11. The maximum absolute atomic E-state index is 12.4. The molecule has 1 fully saturated rings. The lowest BCUT2D eigenvalue weighted by Crippen LogP contribution is -2.48. The molecule has 4 heteroatoms. The summed E-state index contributed by atoms with van der Waals surface area (Å²) >= 11 is 0. The number of hydrogen-bond donors (Lipinski definition) is 2. The van der Waals surface area contributed by atoms with Gasteiger partial charge in [-0.1, -0.05) is 0 Å². The zero-order valence-electron chi connectivity index (χ0n) is 7.19. The zero-order valence-corrected chi connectivity index (χ0v) is 7.19. The average Bonchev–Trinajstić information content (AvgIpc) is 2.48. The third-order valence-corrected chi connectivity index (χ3v) is 2.35. The third-order valence-electron chi connectivity index (χ3n) is 2.35. The van der Waals surface area contributed by atoms with E-state index in [1.54, 1.807) is 0 Å². The van der Waals surface area contributed by atoms with Crippen molar-refractivity contribution in [1.29, 1.82) is 0 Å². The number of H-pyrrole nitrogens is 1. The fraction of sp³-hybridized carbons (Fsp3) is 0.556. The van der Waals surface area contributed by atoms with E-state index in [0.29, 0.717) is 6.54 Å². The minimum absolute atomic E-state index is 0.00935. The van der Waals surface area contributed by atoms with Crippen LogP contribution < -0.4 is 5.32 Å². The molecule has 2 rings (SSSR count). The lowest BCUT2D eigenvalue weighted by atomic mass is 9.88. The highest BCUT2D eigenvalue weighted by Gasteiger charge is 2.44. The molecule has 1 heterocycles. The molecular formula is C9H12F2N2. The number of aromatic nitrogens is 1. The smallest absolute Gasteiger partial charge is 0.251 e. The molecule has 0 bridgehead atoms. The van der Waals surface area contributed by atoms with Crippen LogP contribution in [0.5, 0.6) is 0 Å². The van der Waals surface area contributed by atoms with Gasteiger partial charge in [0.15, 0.2) is 0 Å². The van der Waals surface area contributed by atoms with Crippen LogP contribution in [0, 0.1) is 0 Å². The Bertz CT molecular complexity index is 261.